The molecule has 1 atom stereocenters. The lowest BCUT2D eigenvalue weighted by Gasteiger charge is -2.32. The summed E-state index contributed by atoms with van der Waals surface area (Å²) in [4.78, 5) is 28.7. The number of hydrogen-bond acceptors (Lipinski definition) is 11. The Morgan fingerprint density at radius 1 is 1.06 bits per heavy atom. The molecule has 0 spiro atoms. The van der Waals surface area contributed by atoms with Gasteiger partial charge in [-0.3, -0.25) is 4.90 Å². The van der Waals surface area contributed by atoms with Crippen LogP contribution < -0.4 is 10.2 Å². The lowest BCUT2D eigenvalue weighted by atomic mass is 10.3. The summed E-state index contributed by atoms with van der Waals surface area (Å²) in [5, 5.41) is 3.94. The predicted molar refractivity (Wildman–Crippen MR) is 130 cm³/mol. The van der Waals surface area contributed by atoms with Gasteiger partial charge in [-0.25, -0.2) is 33.4 Å². The summed E-state index contributed by atoms with van der Waals surface area (Å²) >= 11 is 1.60. The molecule has 5 heterocycles. The zero-order valence-corrected chi connectivity index (χ0v) is 20.4. The number of piperazine rings is 1. The molecule has 5 rings (SSSR count). The van der Waals surface area contributed by atoms with Crippen molar-refractivity contribution >= 4 is 44.4 Å². The quantitative estimate of drug-likeness (QED) is 0.534. The van der Waals surface area contributed by atoms with Gasteiger partial charge in [0.2, 0.25) is 5.95 Å². The molecule has 0 amide bonds. The molecule has 176 valence electrons. The zero-order valence-electron chi connectivity index (χ0n) is 18.7. The Morgan fingerprint density at radius 2 is 1.79 bits per heavy atom. The van der Waals surface area contributed by atoms with E-state index in [-0.39, 0.29) is 0 Å². The van der Waals surface area contributed by atoms with Gasteiger partial charge in [0, 0.05) is 65.0 Å². The van der Waals surface area contributed by atoms with Gasteiger partial charge in [-0.1, -0.05) is 11.3 Å². The van der Waals surface area contributed by atoms with E-state index in [1.54, 1.807) is 37.0 Å². The lowest BCUT2D eigenvalue weighted by molar-refractivity contribution is 0.122. The first-order valence-corrected chi connectivity index (χ1v) is 13.2. The van der Waals surface area contributed by atoms with E-state index in [9.17, 15) is 4.21 Å². The van der Waals surface area contributed by atoms with E-state index in [4.69, 9.17) is 19.7 Å². The number of morpholine rings is 1. The molecule has 0 radical (unpaired) electrons. The van der Waals surface area contributed by atoms with Crippen molar-refractivity contribution in [3.8, 4) is 11.4 Å². The molecule has 2 saturated heterocycles. The lowest BCUT2D eigenvalue weighted by Crippen LogP contribution is -2.46. The molecule has 2 fully saturated rings. The number of thiazole rings is 1. The molecule has 0 saturated carbocycles. The third-order valence-corrected chi connectivity index (χ3v) is 7.81. The minimum Gasteiger partial charge on any atom is -0.378 e. The number of fused-ring (bicyclic) bond motifs is 1. The van der Waals surface area contributed by atoms with Crippen molar-refractivity contribution in [1.29, 1.82) is 0 Å². The van der Waals surface area contributed by atoms with E-state index in [2.05, 4.69) is 25.1 Å². The van der Waals surface area contributed by atoms with Crippen molar-refractivity contribution in [2.75, 3.05) is 76.0 Å². The average molecular weight is 490 g/mol. The monoisotopic (exact) mass is 489 g/mol. The first-order valence-electron chi connectivity index (χ1n) is 10.9. The van der Waals surface area contributed by atoms with Crippen LogP contribution in [0.3, 0.4) is 0 Å². The Morgan fingerprint density at radius 3 is 2.45 bits per heavy atom. The molecule has 0 aliphatic carbocycles. The van der Waals surface area contributed by atoms with Crippen LogP contribution in [0.4, 0.5) is 11.8 Å². The normalized spacial score (nSPS) is 19.2. The van der Waals surface area contributed by atoms with Gasteiger partial charge in [0.15, 0.2) is 11.6 Å². The standard InChI is InChI=1S/C20H27N9O2S2/c1-21-20-22-11-14(12-23-20)17-25-18(28-7-9-31-10-8-28)16-19(26-17)32-15(24-16)13-27-3-5-29(6-4-27)33(2)30/h11-12H,3-10,13H2,1-2H3,(H,21,22,23). The molecule has 1 unspecified atom stereocenters. The highest BCUT2D eigenvalue weighted by Gasteiger charge is 2.24. The van der Waals surface area contributed by atoms with Crippen LogP contribution in [-0.2, 0) is 22.3 Å². The molecule has 2 aliphatic rings. The Balaban J connectivity index is 1.45. The van der Waals surface area contributed by atoms with E-state index < -0.39 is 11.0 Å². The molecule has 0 aromatic carbocycles. The molecule has 33 heavy (non-hydrogen) atoms. The second-order valence-electron chi connectivity index (χ2n) is 7.91. The Labute approximate surface area is 198 Å². The van der Waals surface area contributed by atoms with Gasteiger partial charge in [0.1, 0.15) is 15.4 Å². The largest absolute Gasteiger partial charge is 0.378 e. The predicted octanol–water partition coefficient (Wildman–Crippen LogP) is 0.833. The fourth-order valence-electron chi connectivity index (χ4n) is 3.95. The minimum absolute atomic E-state index is 0.556. The van der Waals surface area contributed by atoms with E-state index in [0.717, 1.165) is 72.5 Å². The highest BCUT2D eigenvalue weighted by molar-refractivity contribution is 7.81. The highest BCUT2D eigenvalue weighted by atomic mass is 32.2. The van der Waals surface area contributed by atoms with Crippen LogP contribution in [0.1, 0.15) is 5.01 Å². The Kier molecular flexibility index (Phi) is 6.74. The molecule has 2 aliphatic heterocycles. The number of anilines is 2. The third-order valence-electron chi connectivity index (χ3n) is 5.78. The van der Waals surface area contributed by atoms with Crippen molar-refractivity contribution in [2.24, 2.45) is 0 Å². The van der Waals surface area contributed by atoms with Gasteiger partial charge in [0.05, 0.1) is 36.3 Å². The SMILES string of the molecule is CNc1ncc(-c2nc(N3CCOCC3)c3nc(CN4CCN(S(C)=O)CC4)sc3n2)cn1. The molecule has 11 nitrogen and oxygen atoms in total. The number of hydrogen-bond donors (Lipinski definition) is 1. The molecule has 3 aromatic heterocycles. The van der Waals surface area contributed by atoms with E-state index in [0.29, 0.717) is 25.0 Å². The number of nitrogens with one attached hydrogen (secondary N) is 1. The van der Waals surface area contributed by atoms with Crippen molar-refractivity contribution in [2.45, 2.75) is 6.54 Å². The van der Waals surface area contributed by atoms with Crippen LogP contribution in [0, 0.1) is 0 Å². The van der Waals surface area contributed by atoms with Crippen molar-refractivity contribution in [1.82, 2.24) is 34.1 Å². The second kappa shape index (κ2) is 9.89. The van der Waals surface area contributed by atoms with Crippen LogP contribution in [0.5, 0.6) is 0 Å². The van der Waals surface area contributed by atoms with Crippen molar-refractivity contribution in [3.63, 3.8) is 0 Å². The molecule has 13 heteroatoms. The van der Waals surface area contributed by atoms with Gasteiger partial charge in [-0.15, -0.1) is 0 Å². The van der Waals surface area contributed by atoms with Gasteiger partial charge in [-0.05, 0) is 0 Å². The summed E-state index contributed by atoms with van der Waals surface area (Å²) in [5.41, 5.74) is 1.60. The summed E-state index contributed by atoms with van der Waals surface area (Å²) < 4.78 is 19.3. The third kappa shape index (κ3) is 4.96. The van der Waals surface area contributed by atoms with Crippen molar-refractivity contribution in [3.05, 3.63) is 17.4 Å². The van der Waals surface area contributed by atoms with E-state index in [1.165, 1.54) is 0 Å². The summed E-state index contributed by atoms with van der Waals surface area (Å²) in [5.74, 6) is 1.99. The maximum absolute atomic E-state index is 11.7. The molecule has 0 bridgehead atoms. The number of nitrogens with zero attached hydrogens (tertiary/aromatic N) is 8. The summed E-state index contributed by atoms with van der Waals surface area (Å²) in [6.45, 7) is 6.98. The summed E-state index contributed by atoms with van der Waals surface area (Å²) in [6, 6.07) is 0. The van der Waals surface area contributed by atoms with Crippen LogP contribution in [0.15, 0.2) is 12.4 Å². The second-order valence-corrected chi connectivity index (χ2v) is 10.3. The van der Waals surface area contributed by atoms with Crippen molar-refractivity contribution < 1.29 is 8.95 Å². The first-order chi connectivity index (χ1) is 16.1. The summed E-state index contributed by atoms with van der Waals surface area (Å²) in [7, 11) is 0.877. The smallest absolute Gasteiger partial charge is 0.222 e. The van der Waals surface area contributed by atoms with Crippen LogP contribution in [-0.4, -0.2) is 104 Å². The Hall–Kier alpha value is -2.32. The topological polar surface area (TPSA) is 112 Å². The van der Waals surface area contributed by atoms with Gasteiger partial charge in [-0.2, -0.15) is 0 Å². The zero-order chi connectivity index (χ0) is 22.8. The Bertz CT molecular complexity index is 1130. The number of rotatable bonds is 6. The molecular weight excluding hydrogens is 462 g/mol. The molecule has 1 N–H and O–H groups in total. The van der Waals surface area contributed by atoms with Crippen LogP contribution >= 0.6 is 11.3 Å². The van der Waals surface area contributed by atoms with Gasteiger partial charge >= 0.3 is 0 Å². The fraction of sp³-hybridized carbons (Fsp3) is 0.550. The maximum Gasteiger partial charge on any atom is 0.222 e. The highest BCUT2D eigenvalue weighted by Crippen LogP contribution is 2.31. The fourth-order valence-corrected chi connectivity index (χ4v) is 5.60. The first kappa shape index (κ1) is 22.5. The number of ether oxygens (including phenoxy) is 1. The molecule has 3 aromatic rings. The molecular formula is C20H27N9O2S2. The summed E-state index contributed by atoms with van der Waals surface area (Å²) in [6.07, 6.45) is 5.22. The van der Waals surface area contributed by atoms with Crippen LogP contribution in [0.2, 0.25) is 0 Å². The maximum atomic E-state index is 11.7. The van der Waals surface area contributed by atoms with E-state index in [1.807, 2.05) is 4.31 Å². The van der Waals surface area contributed by atoms with Gasteiger partial charge in [0.25, 0.3) is 0 Å². The van der Waals surface area contributed by atoms with Gasteiger partial charge < -0.3 is 15.0 Å². The minimum atomic E-state index is -0.910. The number of aromatic nitrogens is 5. The van der Waals surface area contributed by atoms with E-state index >= 15 is 0 Å². The van der Waals surface area contributed by atoms with Crippen LogP contribution in [0.25, 0.3) is 21.7 Å². The average Bonchev–Trinajstić information content (AvgIpc) is 3.26.